The van der Waals surface area contributed by atoms with Crippen LogP contribution in [0.3, 0.4) is 0 Å². The first-order valence-corrected chi connectivity index (χ1v) is 7.70. The predicted octanol–water partition coefficient (Wildman–Crippen LogP) is 3.26. The summed E-state index contributed by atoms with van der Waals surface area (Å²) in [4.78, 5) is 29.0. The molecule has 1 aromatic heterocycles. The first kappa shape index (κ1) is 16.6. The maximum atomic E-state index is 12.7. The lowest BCUT2D eigenvalue weighted by Gasteiger charge is -2.16. The molecule has 128 valence electrons. The highest BCUT2D eigenvalue weighted by Crippen LogP contribution is 2.35. The number of H-pyrrole nitrogens is 1. The van der Waals surface area contributed by atoms with Crippen molar-refractivity contribution in [3.8, 4) is 22.6 Å². The highest BCUT2D eigenvalue weighted by Gasteiger charge is 2.20. The minimum atomic E-state index is -0.563. The van der Waals surface area contributed by atoms with Crippen molar-refractivity contribution >= 4 is 17.0 Å². The summed E-state index contributed by atoms with van der Waals surface area (Å²) in [6.07, 6.45) is -0.563. The highest BCUT2D eigenvalue weighted by atomic mass is 16.6. The van der Waals surface area contributed by atoms with Crippen molar-refractivity contribution < 1.29 is 14.3 Å². The van der Waals surface area contributed by atoms with Crippen molar-refractivity contribution in [1.82, 2.24) is 9.88 Å². The second-order valence-corrected chi connectivity index (χ2v) is 5.70. The lowest BCUT2D eigenvalue weighted by molar-refractivity contribution is 0.172. The zero-order valence-electron chi connectivity index (χ0n) is 14.2. The zero-order valence-corrected chi connectivity index (χ0v) is 14.2. The summed E-state index contributed by atoms with van der Waals surface area (Å²) in [5, 5.41) is 0.591. The predicted molar refractivity (Wildman–Crippen MR) is 96.3 cm³/mol. The molecule has 3 rings (SSSR count). The number of pyridine rings is 1. The number of nitrogens with one attached hydrogen (secondary N) is 1. The molecule has 0 fully saturated rings. The fourth-order valence-corrected chi connectivity index (χ4v) is 2.52. The number of hydrogen-bond donors (Lipinski definition) is 1. The molecule has 0 spiro atoms. The number of rotatable bonds is 3. The lowest BCUT2D eigenvalue weighted by Crippen LogP contribution is -2.26. The van der Waals surface area contributed by atoms with Gasteiger partial charge in [-0.2, -0.15) is 0 Å². The van der Waals surface area contributed by atoms with Gasteiger partial charge in [-0.15, -0.1) is 0 Å². The van der Waals surface area contributed by atoms with Crippen LogP contribution in [0.2, 0.25) is 0 Å². The van der Waals surface area contributed by atoms with Crippen LogP contribution >= 0.6 is 0 Å². The van der Waals surface area contributed by atoms with Crippen LogP contribution in [0.1, 0.15) is 0 Å². The number of benzene rings is 2. The van der Waals surface area contributed by atoms with Gasteiger partial charge in [0.05, 0.1) is 18.2 Å². The van der Waals surface area contributed by atoms with E-state index in [-0.39, 0.29) is 11.3 Å². The Morgan fingerprint density at radius 2 is 1.80 bits per heavy atom. The molecule has 1 heterocycles. The maximum Gasteiger partial charge on any atom is 0.414 e. The Balaban J connectivity index is 2.34. The molecular formula is C19H18N2O4. The summed E-state index contributed by atoms with van der Waals surface area (Å²) in [6, 6.07) is 14.3. The molecule has 1 amide bonds. The van der Waals surface area contributed by atoms with E-state index < -0.39 is 6.09 Å². The first-order chi connectivity index (χ1) is 12.0. The van der Waals surface area contributed by atoms with E-state index in [2.05, 4.69) is 4.98 Å². The van der Waals surface area contributed by atoms with E-state index in [4.69, 9.17) is 9.47 Å². The number of hydrogen-bond acceptors (Lipinski definition) is 4. The van der Waals surface area contributed by atoms with Crippen molar-refractivity contribution in [3.63, 3.8) is 0 Å². The summed E-state index contributed by atoms with van der Waals surface area (Å²) in [5.41, 5.74) is 1.20. The van der Waals surface area contributed by atoms with Gasteiger partial charge >= 0.3 is 6.09 Å². The third-order valence-corrected chi connectivity index (χ3v) is 3.79. The Morgan fingerprint density at radius 1 is 1.08 bits per heavy atom. The number of methoxy groups -OCH3 is 1. The van der Waals surface area contributed by atoms with Crippen LogP contribution in [0, 0.1) is 0 Å². The Kier molecular flexibility index (Phi) is 4.43. The third-order valence-electron chi connectivity index (χ3n) is 3.79. The van der Waals surface area contributed by atoms with E-state index in [0.717, 1.165) is 0 Å². The second-order valence-electron chi connectivity index (χ2n) is 5.70. The minimum Gasteiger partial charge on any atom is -0.497 e. The Hall–Kier alpha value is -3.28. The van der Waals surface area contributed by atoms with Gasteiger partial charge in [0.1, 0.15) is 5.75 Å². The molecule has 1 N–H and O–H groups in total. The average Bonchev–Trinajstić information content (AvgIpc) is 2.62. The van der Waals surface area contributed by atoms with Gasteiger partial charge in [-0.25, -0.2) is 4.79 Å². The van der Waals surface area contributed by atoms with Gasteiger partial charge in [0.2, 0.25) is 0 Å². The van der Waals surface area contributed by atoms with Gasteiger partial charge in [0.25, 0.3) is 5.56 Å². The molecule has 6 nitrogen and oxygen atoms in total. The number of nitrogens with zero attached hydrogens (tertiary/aromatic N) is 1. The molecule has 0 saturated carbocycles. The fourth-order valence-electron chi connectivity index (χ4n) is 2.52. The van der Waals surface area contributed by atoms with E-state index in [9.17, 15) is 9.59 Å². The third kappa shape index (κ3) is 3.19. The number of aromatic amines is 1. The van der Waals surface area contributed by atoms with Gasteiger partial charge in [-0.3, -0.25) is 4.79 Å². The van der Waals surface area contributed by atoms with Gasteiger partial charge in [0, 0.05) is 19.5 Å². The average molecular weight is 338 g/mol. The summed E-state index contributed by atoms with van der Waals surface area (Å²) in [7, 11) is 4.72. The number of fused-ring (bicyclic) bond motifs is 1. The summed E-state index contributed by atoms with van der Waals surface area (Å²) in [5.74, 6) is 0.809. The van der Waals surface area contributed by atoms with E-state index in [1.165, 1.54) is 4.90 Å². The summed E-state index contributed by atoms with van der Waals surface area (Å²) in [6.45, 7) is 0. The smallest absolute Gasteiger partial charge is 0.414 e. The van der Waals surface area contributed by atoms with Crippen LogP contribution in [-0.2, 0) is 0 Å². The van der Waals surface area contributed by atoms with Crippen molar-refractivity contribution in [1.29, 1.82) is 0 Å². The van der Waals surface area contributed by atoms with Crippen LogP contribution in [0.25, 0.3) is 22.0 Å². The van der Waals surface area contributed by atoms with Gasteiger partial charge in [-0.1, -0.05) is 30.3 Å². The largest absolute Gasteiger partial charge is 0.497 e. The van der Waals surface area contributed by atoms with Crippen molar-refractivity contribution in [2.24, 2.45) is 0 Å². The minimum absolute atomic E-state index is 0.211. The fraction of sp³-hybridized carbons (Fsp3) is 0.158. The molecule has 2 aromatic carbocycles. The molecule has 0 bridgehead atoms. The van der Waals surface area contributed by atoms with Crippen LogP contribution in [0.15, 0.2) is 53.3 Å². The van der Waals surface area contributed by atoms with E-state index >= 15 is 0 Å². The highest BCUT2D eigenvalue weighted by molar-refractivity contribution is 5.95. The number of carbonyl (C=O) groups excluding carboxylic acids is 1. The number of amides is 1. The van der Waals surface area contributed by atoms with Gasteiger partial charge in [-0.05, 0) is 23.8 Å². The van der Waals surface area contributed by atoms with Crippen molar-refractivity contribution in [2.45, 2.75) is 0 Å². The second kappa shape index (κ2) is 6.68. The molecule has 3 aromatic rings. The molecule has 0 aliphatic rings. The molecule has 0 aliphatic heterocycles. The van der Waals surface area contributed by atoms with Crippen LogP contribution in [-0.4, -0.2) is 37.2 Å². The zero-order chi connectivity index (χ0) is 18.0. The molecule has 0 radical (unpaired) electrons. The lowest BCUT2D eigenvalue weighted by atomic mass is 10.0. The number of aromatic nitrogens is 1. The standard InChI is InChI=1S/C19H18N2O4/c1-21(2)19(23)25-17-14-11-13(24-3)9-10-15(14)20-18(22)16(17)12-7-5-4-6-8-12/h4-11H,1-3H3,(H,20,22). The number of ether oxygens (including phenoxy) is 2. The first-order valence-electron chi connectivity index (χ1n) is 7.70. The van der Waals surface area contributed by atoms with Gasteiger partial charge in [0.15, 0.2) is 5.75 Å². The van der Waals surface area contributed by atoms with Gasteiger partial charge < -0.3 is 19.4 Å². The number of carbonyl (C=O) groups is 1. The molecule has 0 aliphatic carbocycles. The topological polar surface area (TPSA) is 71.6 Å². The Morgan fingerprint density at radius 3 is 2.44 bits per heavy atom. The quantitative estimate of drug-likeness (QED) is 0.796. The molecule has 0 saturated heterocycles. The molecule has 25 heavy (non-hydrogen) atoms. The molecule has 0 atom stereocenters. The SMILES string of the molecule is COc1ccc2[nH]c(=O)c(-c3ccccc3)c(OC(=O)N(C)C)c2c1. The molecular weight excluding hydrogens is 320 g/mol. The van der Waals surface area contributed by atoms with Crippen molar-refractivity contribution in [2.75, 3.05) is 21.2 Å². The van der Waals surface area contributed by atoms with E-state index in [0.29, 0.717) is 27.8 Å². The molecule has 0 unspecified atom stereocenters. The van der Waals surface area contributed by atoms with E-state index in [1.54, 1.807) is 51.5 Å². The Bertz CT molecular complexity index is 978. The monoisotopic (exact) mass is 338 g/mol. The van der Waals surface area contributed by atoms with Crippen LogP contribution in [0.4, 0.5) is 4.79 Å². The summed E-state index contributed by atoms with van der Waals surface area (Å²) >= 11 is 0. The van der Waals surface area contributed by atoms with Crippen LogP contribution < -0.4 is 15.0 Å². The normalized spacial score (nSPS) is 10.5. The Labute approximate surface area is 144 Å². The van der Waals surface area contributed by atoms with Crippen molar-refractivity contribution in [3.05, 3.63) is 58.9 Å². The molecule has 6 heteroatoms. The summed E-state index contributed by atoms with van der Waals surface area (Å²) < 4.78 is 10.8. The maximum absolute atomic E-state index is 12.7. The van der Waals surface area contributed by atoms with Crippen LogP contribution in [0.5, 0.6) is 11.5 Å². The van der Waals surface area contributed by atoms with E-state index in [1.807, 2.05) is 18.2 Å².